The molecule has 1 amide bonds. The Morgan fingerprint density at radius 2 is 2.00 bits per heavy atom. The van der Waals surface area contributed by atoms with E-state index in [1.807, 2.05) is 73.0 Å². The van der Waals surface area contributed by atoms with Gasteiger partial charge in [-0.05, 0) is 44.2 Å². The molecule has 7 nitrogen and oxygen atoms in total. The topological polar surface area (TPSA) is 82.2 Å². The highest BCUT2D eigenvalue weighted by Gasteiger charge is 2.17. The molecule has 2 aromatic carbocycles. The molecule has 0 spiro atoms. The van der Waals surface area contributed by atoms with Gasteiger partial charge in [-0.2, -0.15) is 0 Å². The van der Waals surface area contributed by atoms with Gasteiger partial charge in [0.25, 0.3) is 0 Å². The summed E-state index contributed by atoms with van der Waals surface area (Å²) in [4.78, 5) is 12.6. The number of hydrogen-bond donors (Lipinski definition) is 1. The number of anilines is 1. The second-order valence-electron chi connectivity index (χ2n) is 7.11. The zero-order valence-corrected chi connectivity index (χ0v) is 18.8. The van der Waals surface area contributed by atoms with Crippen LogP contribution in [0.1, 0.15) is 18.2 Å². The van der Waals surface area contributed by atoms with Crippen LogP contribution in [0.3, 0.4) is 0 Å². The first-order chi connectivity index (χ1) is 15.6. The Balaban J connectivity index is 1.52. The van der Waals surface area contributed by atoms with Crippen LogP contribution in [0.15, 0.2) is 76.5 Å². The van der Waals surface area contributed by atoms with Crippen LogP contribution >= 0.6 is 11.8 Å². The average Bonchev–Trinajstić information content (AvgIpc) is 3.44. The van der Waals surface area contributed by atoms with Crippen molar-refractivity contribution in [3.8, 4) is 17.1 Å². The summed E-state index contributed by atoms with van der Waals surface area (Å²) in [5, 5.41) is 12.3. The predicted octanol–water partition coefficient (Wildman–Crippen LogP) is 5.02. The van der Waals surface area contributed by atoms with Crippen molar-refractivity contribution in [2.45, 2.75) is 25.5 Å². The molecule has 4 rings (SSSR count). The number of ether oxygens (including phenoxy) is 1. The van der Waals surface area contributed by atoms with Gasteiger partial charge < -0.3 is 14.5 Å². The molecule has 0 fully saturated rings. The Morgan fingerprint density at radius 1 is 1.12 bits per heavy atom. The van der Waals surface area contributed by atoms with Crippen LogP contribution in [0.2, 0.25) is 0 Å². The molecule has 2 heterocycles. The third-order valence-corrected chi connectivity index (χ3v) is 5.65. The van der Waals surface area contributed by atoms with Crippen molar-refractivity contribution in [2.24, 2.45) is 0 Å². The molecule has 0 aliphatic heterocycles. The van der Waals surface area contributed by atoms with Crippen molar-refractivity contribution in [1.82, 2.24) is 14.8 Å². The standard InChI is InChI=1S/C24H24N4O3S/c1-3-30-21-12-5-4-11-20(21)25-22(29)16-32-24-27-26-23(18-9-6-8-17(2)14-18)28(24)15-19-10-7-13-31-19/h4-14H,3,15-16H2,1-2H3,(H,25,29). The van der Waals surface area contributed by atoms with E-state index in [-0.39, 0.29) is 11.7 Å². The smallest absolute Gasteiger partial charge is 0.234 e. The first-order valence-electron chi connectivity index (χ1n) is 10.3. The number of carbonyl (C=O) groups is 1. The van der Waals surface area contributed by atoms with Crippen molar-refractivity contribution in [3.63, 3.8) is 0 Å². The molecule has 0 atom stereocenters. The summed E-state index contributed by atoms with van der Waals surface area (Å²) in [5.41, 5.74) is 2.75. The molecule has 1 N–H and O–H groups in total. The number of aromatic nitrogens is 3. The molecule has 0 saturated carbocycles. The van der Waals surface area contributed by atoms with Gasteiger partial charge in [0.2, 0.25) is 5.91 Å². The molecule has 0 radical (unpaired) electrons. The van der Waals surface area contributed by atoms with E-state index in [1.54, 1.807) is 6.26 Å². The van der Waals surface area contributed by atoms with Gasteiger partial charge in [0.15, 0.2) is 11.0 Å². The van der Waals surface area contributed by atoms with E-state index >= 15 is 0 Å². The number of furan rings is 1. The second-order valence-corrected chi connectivity index (χ2v) is 8.05. The molecule has 164 valence electrons. The van der Waals surface area contributed by atoms with Crippen LogP contribution in [0, 0.1) is 6.92 Å². The van der Waals surface area contributed by atoms with Gasteiger partial charge in [-0.3, -0.25) is 9.36 Å². The van der Waals surface area contributed by atoms with Gasteiger partial charge in [0.05, 0.1) is 30.9 Å². The van der Waals surface area contributed by atoms with E-state index in [4.69, 9.17) is 9.15 Å². The summed E-state index contributed by atoms with van der Waals surface area (Å²) in [6.07, 6.45) is 1.64. The quantitative estimate of drug-likeness (QED) is 0.362. The Morgan fingerprint density at radius 3 is 2.78 bits per heavy atom. The molecule has 4 aromatic rings. The molecule has 0 unspecified atom stereocenters. The van der Waals surface area contributed by atoms with Gasteiger partial charge in [-0.15, -0.1) is 10.2 Å². The molecular formula is C24H24N4O3S. The maximum atomic E-state index is 12.6. The van der Waals surface area contributed by atoms with Gasteiger partial charge >= 0.3 is 0 Å². The number of carbonyl (C=O) groups excluding carboxylic acids is 1. The molecule has 32 heavy (non-hydrogen) atoms. The van der Waals surface area contributed by atoms with E-state index in [2.05, 4.69) is 21.6 Å². The van der Waals surface area contributed by atoms with Crippen molar-refractivity contribution >= 4 is 23.4 Å². The van der Waals surface area contributed by atoms with Crippen LogP contribution in [0.25, 0.3) is 11.4 Å². The normalized spacial score (nSPS) is 10.8. The number of nitrogens with zero attached hydrogens (tertiary/aromatic N) is 3. The van der Waals surface area contributed by atoms with E-state index in [1.165, 1.54) is 11.8 Å². The highest BCUT2D eigenvalue weighted by molar-refractivity contribution is 7.99. The van der Waals surface area contributed by atoms with E-state index < -0.39 is 0 Å². The van der Waals surface area contributed by atoms with Gasteiger partial charge in [-0.25, -0.2) is 0 Å². The number of hydrogen-bond acceptors (Lipinski definition) is 6. The highest BCUT2D eigenvalue weighted by atomic mass is 32.2. The largest absolute Gasteiger partial charge is 0.492 e. The Hall–Kier alpha value is -3.52. The van der Waals surface area contributed by atoms with Crippen molar-refractivity contribution in [1.29, 1.82) is 0 Å². The molecule has 0 saturated heterocycles. The number of para-hydroxylation sites is 2. The fourth-order valence-electron chi connectivity index (χ4n) is 3.26. The monoisotopic (exact) mass is 448 g/mol. The molecule has 8 heteroatoms. The van der Waals surface area contributed by atoms with Crippen LogP contribution in [-0.2, 0) is 11.3 Å². The van der Waals surface area contributed by atoms with Crippen LogP contribution in [0.5, 0.6) is 5.75 Å². The van der Waals surface area contributed by atoms with Gasteiger partial charge in [0, 0.05) is 5.56 Å². The summed E-state index contributed by atoms with van der Waals surface area (Å²) < 4.78 is 13.1. The minimum Gasteiger partial charge on any atom is -0.492 e. The SMILES string of the molecule is CCOc1ccccc1NC(=O)CSc1nnc(-c2cccc(C)c2)n1Cc1ccco1. The van der Waals surface area contributed by atoms with E-state index in [9.17, 15) is 4.79 Å². The zero-order valence-electron chi connectivity index (χ0n) is 17.9. The third kappa shape index (κ3) is 5.20. The zero-order chi connectivity index (χ0) is 22.3. The fraction of sp³-hybridized carbons (Fsp3) is 0.208. The van der Waals surface area contributed by atoms with Crippen LogP contribution < -0.4 is 10.1 Å². The lowest BCUT2D eigenvalue weighted by Crippen LogP contribution is -2.15. The highest BCUT2D eigenvalue weighted by Crippen LogP contribution is 2.27. The molecule has 0 bridgehead atoms. The Kier molecular flexibility index (Phi) is 6.91. The molecule has 0 aliphatic rings. The minimum atomic E-state index is -0.146. The summed E-state index contributed by atoms with van der Waals surface area (Å²) in [5.74, 6) is 2.21. The number of amides is 1. The van der Waals surface area contributed by atoms with E-state index in [0.717, 1.165) is 22.7 Å². The van der Waals surface area contributed by atoms with Crippen LogP contribution in [0.4, 0.5) is 5.69 Å². The lowest BCUT2D eigenvalue weighted by atomic mass is 10.1. The van der Waals surface area contributed by atoms with Crippen molar-refractivity contribution < 1.29 is 13.9 Å². The Bertz CT molecular complexity index is 1190. The van der Waals surface area contributed by atoms with E-state index in [0.29, 0.717) is 29.7 Å². The molecule has 2 aromatic heterocycles. The molecular weight excluding hydrogens is 424 g/mol. The maximum Gasteiger partial charge on any atom is 0.234 e. The van der Waals surface area contributed by atoms with Crippen molar-refractivity contribution in [2.75, 3.05) is 17.7 Å². The average molecular weight is 449 g/mol. The lowest BCUT2D eigenvalue weighted by molar-refractivity contribution is -0.113. The predicted molar refractivity (Wildman–Crippen MR) is 125 cm³/mol. The number of rotatable bonds is 9. The third-order valence-electron chi connectivity index (χ3n) is 4.68. The summed E-state index contributed by atoms with van der Waals surface area (Å²) in [6.45, 7) is 4.95. The Labute approximate surface area is 190 Å². The van der Waals surface area contributed by atoms with Gasteiger partial charge in [-0.1, -0.05) is 47.7 Å². The maximum absolute atomic E-state index is 12.6. The van der Waals surface area contributed by atoms with Gasteiger partial charge in [0.1, 0.15) is 11.5 Å². The number of aryl methyl sites for hydroxylation is 1. The second kappa shape index (κ2) is 10.2. The number of thioether (sulfide) groups is 1. The minimum absolute atomic E-state index is 0.146. The summed E-state index contributed by atoms with van der Waals surface area (Å²) >= 11 is 1.33. The molecule has 0 aliphatic carbocycles. The number of nitrogens with one attached hydrogen (secondary N) is 1. The van der Waals surface area contributed by atoms with Crippen molar-refractivity contribution in [3.05, 3.63) is 78.3 Å². The summed E-state index contributed by atoms with van der Waals surface area (Å²) in [7, 11) is 0. The van der Waals surface area contributed by atoms with Crippen LogP contribution in [-0.4, -0.2) is 33.0 Å². The lowest BCUT2D eigenvalue weighted by Gasteiger charge is -2.11. The summed E-state index contributed by atoms with van der Waals surface area (Å²) in [6, 6.07) is 19.2. The first-order valence-corrected chi connectivity index (χ1v) is 11.3. The fourth-order valence-corrected chi connectivity index (χ4v) is 4.00. The first kappa shape index (κ1) is 21.7. The number of benzene rings is 2.